The lowest BCUT2D eigenvalue weighted by Crippen LogP contribution is -2.33. The van der Waals surface area contributed by atoms with E-state index in [0.717, 1.165) is 33.5 Å². The Morgan fingerprint density at radius 2 is 1.68 bits per heavy atom. The Bertz CT molecular complexity index is 1580. The molecule has 2 atom stereocenters. The molecule has 1 saturated heterocycles. The summed E-state index contributed by atoms with van der Waals surface area (Å²) in [7, 11) is 0. The number of benzene rings is 3. The third kappa shape index (κ3) is 4.64. The molecule has 6 nitrogen and oxygen atoms in total. The van der Waals surface area contributed by atoms with Gasteiger partial charge in [0.05, 0.1) is 17.8 Å². The fraction of sp³-hybridized carbons (Fsp3) is 0.129. The Hall–Kier alpha value is -4.49. The van der Waals surface area contributed by atoms with Gasteiger partial charge < -0.3 is 20.1 Å². The number of amides is 1. The zero-order chi connectivity index (χ0) is 25.9. The van der Waals surface area contributed by atoms with Crippen LogP contribution < -0.4 is 10.6 Å². The lowest BCUT2D eigenvalue weighted by molar-refractivity contribution is -0.116. The summed E-state index contributed by atoms with van der Waals surface area (Å²) in [6.45, 7) is 0.469. The highest BCUT2D eigenvalue weighted by atomic mass is 32.1. The first-order valence-electron chi connectivity index (χ1n) is 12.7. The van der Waals surface area contributed by atoms with Gasteiger partial charge in [-0.3, -0.25) is 9.78 Å². The van der Waals surface area contributed by atoms with Gasteiger partial charge in [-0.2, -0.15) is 0 Å². The van der Waals surface area contributed by atoms with Crippen molar-refractivity contribution in [1.82, 2.24) is 19.8 Å². The first-order valence-corrected chi connectivity index (χ1v) is 13.1. The molecule has 3 heterocycles. The number of nitrogens with zero attached hydrogens (tertiary/aromatic N) is 3. The molecular formula is C31H27N5OS. The van der Waals surface area contributed by atoms with Gasteiger partial charge in [-0.15, -0.1) is 0 Å². The Balaban J connectivity index is 1.28. The van der Waals surface area contributed by atoms with Crippen LogP contribution in [-0.2, 0) is 4.79 Å². The van der Waals surface area contributed by atoms with Crippen molar-refractivity contribution in [3.05, 3.63) is 127 Å². The van der Waals surface area contributed by atoms with E-state index in [1.54, 1.807) is 6.20 Å². The molecular weight excluding hydrogens is 490 g/mol. The number of hydrogen-bond donors (Lipinski definition) is 2. The van der Waals surface area contributed by atoms with Crippen molar-refractivity contribution in [2.24, 2.45) is 0 Å². The lowest BCUT2D eigenvalue weighted by atomic mass is 10.0. The van der Waals surface area contributed by atoms with Crippen molar-refractivity contribution in [2.75, 3.05) is 11.9 Å². The summed E-state index contributed by atoms with van der Waals surface area (Å²) in [5, 5.41) is 9.32. The van der Waals surface area contributed by atoms with E-state index in [4.69, 9.17) is 12.2 Å². The molecule has 1 amide bonds. The van der Waals surface area contributed by atoms with Gasteiger partial charge in [-0.25, -0.2) is 0 Å². The minimum Gasteiger partial charge on any atom is -0.352 e. The monoisotopic (exact) mass is 517 g/mol. The van der Waals surface area contributed by atoms with Crippen LogP contribution in [0.3, 0.4) is 0 Å². The number of nitrogens with one attached hydrogen (secondary N) is 2. The van der Waals surface area contributed by atoms with Gasteiger partial charge in [0, 0.05) is 47.8 Å². The predicted octanol–water partition coefficient (Wildman–Crippen LogP) is 6.03. The van der Waals surface area contributed by atoms with E-state index in [-0.39, 0.29) is 18.0 Å². The predicted molar refractivity (Wildman–Crippen MR) is 155 cm³/mol. The van der Waals surface area contributed by atoms with Crippen LogP contribution in [0.2, 0.25) is 0 Å². The molecule has 5 aromatic rings. The average Bonchev–Trinajstić information content (AvgIpc) is 3.57. The van der Waals surface area contributed by atoms with Crippen LogP contribution in [0.15, 0.2) is 116 Å². The standard InChI is InChI=1S/C31H27N5OS/c37-28(33-25-16-8-11-22-10-4-5-14-24(22)25)18-21-36-30(29(34-31(36)38)26-15-6-7-19-32-26)27-17-9-20-35(27)23-12-2-1-3-13-23/h1-17,19-20,29-30H,18,21H2,(H,33,37)(H,34,38)/t29-,30+/m0/s1. The fourth-order valence-electron chi connectivity index (χ4n) is 5.20. The molecule has 2 N–H and O–H groups in total. The average molecular weight is 518 g/mol. The number of hydrogen-bond acceptors (Lipinski definition) is 3. The van der Waals surface area contributed by atoms with E-state index in [0.29, 0.717) is 18.1 Å². The topological polar surface area (TPSA) is 62.2 Å². The number of aromatic nitrogens is 2. The first-order chi connectivity index (χ1) is 18.7. The quantitative estimate of drug-likeness (QED) is 0.258. The number of thiocarbonyl (C=S) groups is 1. The molecule has 38 heavy (non-hydrogen) atoms. The van der Waals surface area contributed by atoms with Gasteiger partial charge in [-0.1, -0.05) is 60.7 Å². The van der Waals surface area contributed by atoms with Gasteiger partial charge in [0.1, 0.15) is 0 Å². The highest BCUT2D eigenvalue weighted by molar-refractivity contribution is 7.80. The second-order valence-electron chi connectivity index (χ2n) is 9.28. The van der Waals surface area contributed by atoms with Gasteiger partial charge in [0.15, 0.2) is 5.11 Å². The number of para-hydroxylation sites is 1. The highest BCUT2D eigenvalue weighted by Gasteiger charge is 2.41. The molecule has 0 bridgehead atoms. The maximum Gasteiger partial charge on any atom is 0.226 e. The molecule has 0 aliphatic carbocycles. The number of rotatable bonds is 7. The van der Waals surface area contributed by atoms with E-state index >= 15 is 0 Å². The number of pyridine rings is 1. The SMILES string of the molecule is O=C(CCN1C(=S)N[C@@H](c2ccccn2)[C@H]1c1cccn1-c1ccccc1)Nc1cccc2ccccc12. The molecule has 3 aromatic carbocycles. The summed E-state index contributed by atoms with van der Waals surface area (Å²) in [5.41, 5.74) is 3.87. The molecule has 1 aliphatic rings. The number of anilines is 1. The van der Waals surface area contributed by atoms with Crippen LogP contribution >= 0.6 is 12.2 Å². The second-order valence-corrected chi connectivity index (χ2v) is 9.67. The van der Waals surface area contributed by atoms with Crippen LogP contribution in [-0.4, -0.2) is 32.0 Å². The molecule has 7 heteroatoms. The smallest absolute Gasteiger partial charge is 0.226 e. The van der Waals surface area contributed by atoms with Crippen molar-refractivity contribution < 1.29 is 4.79 Å². The molecule has 2 aromatic heterocycles. The molecule has 1 fully saturated rings. The van der Waals surface area contributed by atoms with E-state index in [1.807, 2.05) is 84.9 Å². The third-order valence-corrected chi connectivity index (χ3v) is 7.31. The molecule has 0 saturated carbocycles. The normalized spacial score (nSPS) is 16.9. The van der Waals surface area contributed by atoms with Crippen molar-refractivity contribution in [2.45, 2.75) is 18.5 Å². The molecule has 0 unspecified atom stereocenters. The van der Waals surface area contributed by atoms with Crippen LogP contribution in [0.25, 0.3) is 16.5 Å². The van der Waals surface area contributed by atoms with Gasteiger partial charge in [0.25, 0.3) is 0 Å². The van der Waals surface area contributed by atoms with Crippen LogP contribution in [0, 0.1) is 0 Å². The lowest BCUT2D eigenvalue weighted by Gasteiger charge is -2.29. The summed E-state index contributed by atoms with van der Waals surface area (Å²) in [6.07, 6.45) is 4.16. The minimum absolute atomic E-state index is 0.0531. The van der Waals surface area contributed by atoms with Gasteiger partial charge >= 0.3 is 0 Å². The molecule has 188 valence electrons. The minimum atomic E-state index is -0.151. The summed E-state index contributed by atoms with van der Waals surface area (Å²) in [5.74, 6) is -0.0531. The van der Waals surface area contributed by atoms with Gasteiger partial charge in [-0.05, 0) is 60.1 Å². The Morgan fingerprint density at radius 3 is 2.53 bits per heavy atom. The fourth-order valence-corrected chi connectivity index (χ4v) is 5.53. The van der Waals surface area contributed by atoms with Crippen molar-refractivity contribution in [3.8, 4) is 5.69 Å². The first kappa shape index (κ1) is 23.9. The Morgan fingerprint density at radius 1 is 0.895 bits per heavy atom. The van der Waals surface area contributed by atoms with Crippen molar-refractivity contribution >= 4 is 39.7 Å². The molecule has 0 radical (unpaired) electrons. The third-order valence-electron chi connectivity index (χ3n) is 6.96. The number of carbonyl (C=O) groups is 1. The van der Waals surface area contributed by atoms with Crippen molar-refractivity contribution in [1.29, 1.82) is 0 Å². The second kappa shape index (κ2) is 10.5. The Labute approximate surface area is 226 Å². The largest absolute Gasteiger partial charge is 0.352 e. The molecule has 1 aliphatic heterocycles. The summed E-state index contributed by atoms with van der Waals surface area (Å²) < 4.78 is 2.18. The molecule has 6 rings (SSSR count). The zero-order valence-corrected chi connectivity index (χ0v) is 21.5. The van der Waals surface area contributed by atoms with E-state index in [9.17, 15) is 4.79 Å². The summed E-state index contributed by atoms with van der Waals surface area (Å²) in [6, 6.07) is 34.0. The Kier molecular flexibility index (Phi) is 6.58. The van der Waals surface area contributed by atoms with E-state index < -0.39 is 0 Å². The van der Waals surface area contributed by atoms with E-state index in [2.05, 4.69) is 49.5 Å². The molecule has 0 spiro atoms. The van der Waals surface area contributed by atoms with Crippen molar-refractivity contribution in [3.63, 3.8) is 0 Å². The number of carbonyl (C=O) groups excluding carboxylic acids is 1. The number of fused-ring (bicyclic) bond motifs is 1. The summed E-state index contributed by atoms with van der Waals surface area (Å²) in [4.78, 5) is 19.9. The maximum absolute atomic E-state index is 13.1. The summed E-state index contributed by atoms with van der Waals surface area (Å²) >= 11 is 5.82. The zero-order valence-electron chi connectivity index (χ0n) is 20.7. The van der Waals surface area contributed by atoms with Crippen LogP contribution in [0.5, 0.6) is 0 Å². The maximum atomic E-state index is 13.1. The van der Waals surface area contributed by atoms with Crippen LogP contribution in [0.1, 0.15) is 29.9 Å². The highest BCUT2D eigenvalue weighted by Crippen LogP contribution is 2.39. The van der Waals surface area contributed by atoms with Crippen LogP contribution in [0.4, 0.5) is 5.69 Å². The van der Waals surface area contributed by atoms with Gasteiger partial charge in [0.2, 0.25) is 5.91 Å². The van der Waals surface area contributed by atoms with E-state index in [1.165, 1.54) is 0 Å².